The Morgan fingerprint density at radius 2 is 0.984 bits per heavy atom. The Balaban J connectivity index is 2.66. The molecule has 1 atom stereocenters. The molecule has 1 aromatic rings. The van der Waals surface area contributed by atoms with Crippen molar-refractivity contribution >= 4 is 17.9 Å². The van der Waals surface area contributed by atoms with Crippen LogP contribution in [0.4, 0.5) is 0 Å². The molecule has 0 spiro atoms. The predicted octanol–water partition coefficient (Wildman–Crippen LogP) is 14.1. The fourth-order valence-corrected chi connectivity index (χ4v) is 7.16. The molecule has 0 bridgehead atoms. The van der Waals surface area contributed by atoms with Gasteiger partial charge < -0.3 is 23.7 Å². The van der Waals surface area contributed by atoms with Crippen LogP contribution in [0.15, 0.2) is 48.6 Å². The topological polar surface area (TPSA) is 101 Å². The monoisotopic (exact) mass is 884 g/mol. The molecule has 0 saturated heterocycles. The maximum Gasteiger partial charge on any atom is 0.338 e. The van der Waals surface area contributed by atoms with Crippen molar-refractivity contribution in [2.45, 2.75) is 214 Å². The molecular formula is C54H93NO8. The SMILES string of the molecule is CCCCC/C=C\C/C=C\CCCCCCCC(=O)OCC(COC(=O)CCC(OCCCCCCCC)OCCCCCCCC)COC(=O)c1ccc(CN(CC)CC)cc1. The summed E-state index contributed by atoms with van der Waals surface area (Å²) < 4.78 is 29.3. The second-order valence-corrected chi connectivity index (χ2v) is 17.2. The van der Waals surface area contributed by atoms with Crippen molar-refractivity contribution in [2.24, 2.45) is 5.92 Å². The Hall–Kier alpha value is -3.01. The highest BCUT2D eigenvalue weighted by atomic mass is 16.7. The standard InChI is InChI=1S/C54H93NO8/c1-6-11-14-17-20-21-22-23-24-25-26-27-28-29-32-35-51(56)61-45-49(47-63-54(58)50-38-36-48(37-39-50)44-55(9-4)10-5)46-62-52(57)40-41-53(59-42-33-30-18-15-12-7-2)60-43-34-31-19-16-13-8-3/h20-21,23-24,36-39,49,53H,6-19,22,25-35,40-47H2,1-5H3/b21-20-,24-23-. The van der Waals surface area contributed by atoms with Gasteiger partial charge in [-0.25, -0.2) is 4.79 Å². The van der Waals surface area contributed by atoms with E-state index in [1.54, 1.807) is 12.1 Å². The second kappa shape index (κ2) is 42.9. The van der Waals surface area contributed by atoms with Gasteiger partial charge in [-0.05, 0) is 82.2 Å². The van der Waals surface area contributed by atoms with Crippen LogP contribution in [0.25, 0.3) is 0 Å². The van der Waals surface area contributed by atoms with Crippen LogP contribution in [0.5, 0.6) is 0 Å². The normalized spacial score (nSPS) is 12.2. The van der Waals surface area contributed by atoms with Gasteiger partial charge in [-0.2, -0.15) is 0 Å². The van der Waals surface area contributed by atoms with Crippen molar-refractivity contribution in [1.29, 1.82) is 0 Å². The summed E-state index contributed by atoms with van der Waals surface area (Å²) in [5.74, 6) is -1.65. The number of ether oxygens (including phenoxy) is 5. The third kappa shape index (κ3) is 35.0. The van der Waals surface area contributed by atoms with Crippen LogP contribution in [0, 0.1) is 5.92 Å². The van der Waals surface area contributed by atoms with Gasteiger partial charge in [0.2, 0.25) is 0 Å². The van der Waals surface area contributed by atoms with Gasteiger partial charge in [-0.3, -0.25) is 14.5 Å². The lowest BCUT2D eigenvalue weighted by Crippen LogP contribution is -2.27. The second-order valence-electron chi connectivity index (χ2n) is 17.2. The third-order valence-corrected chi connectivity index (χ3v) is 11.4. The highest BCUT2D eigenvalue weighted by Crippen LogP contribution is 2.15. The maximum atomic E-state index is 13.1. The zero-order valence-electron chi connectivity index (χ0n) is 41.0. The van der Waals surface area contributed by atoms with Gasteiger partial charge in [0.15, 0.2) is 6.29 Å². The summed E-state index contributed by atoms with van der Waals surface area (Å²) in [6.07, 6.45) is 35.8. The van der Waals surface area contributed by atoms with Gasteiger partial charge >= 0.3 is 17.9 Å². The number of hydrogen-bond acceptors (Lipinski definition) is 9. The lowest BCUT2D eigenvalue weighted by molar-refractivity contribution is -0.161. The smallest absolute Gasteiger partial charge is 0.338 e. The van der Waals surface area contributed by atoms with Crippen LogP contribution < -0.4 is 0 Å². The minimum absolute atomic E-state index is 0.00613. The van der Waals surface area contributed by atoms with E-state index in [1.165, 1.54) is 77.0 Å². The first kappa shape index (κ1) is 58.0. The van der Waals surface area contributed by atoms with Crippen LogP contribution in [-0.2, 0) is 39.8 Å². The van der Waals surface area contributed by atoms with E-state index in [0.29, 0.717) is 31.6 Å². The Bertz CT molecular complexity index is 1260. The average molecular weight is 884 g/mol. The molecule has 1 aromatic carbocycles. The van der Waals surface area contributed by atoms with Crippen LogP contribution in [0.1, 0.15) is 217 Å². The van der Waals surface area contributed by atoms with E-state index in [9.17, 15) is 14.4 Å². The largest absolute Gasteiger partial charge is 0.465 e. The van der Waals surface area contributed by atoms with Crippen molar-refractivity contribution in [3.8, 4) is 0 Å². The van der Waals surface area contributed by atoms with E-state index in [4.69, 9.17) is 23.7 Å². The number of carbonyl (C=O) groups is 3. The zero-order valence-corrected chi connectivity index (χ0v) is 41.0. The van der Waals surface area contributed by atoms with Gasteiger partial charge in [-0.1, -0.05) is 167 Å². The molecule has 0 amide bonds. The molecule has 0 aliphatic rings. The van der Waals surface area contributed by atoms with Crippen LogP contribution >= 0.6 is 0 Å². The molecule has 1 rings (SSSR count). The Kier molecular flexibility index (Phi) is 39.5. The number of benzene rings is 1. The number of rotatable bonds is 44. The van der Waals surface area contributed by atoms with Crippen LogP contribution in [0.3, 0.4) is 0 Å². The first-order chi connectivity index (χ1) is 30.9. The Morgan fingerprint density at radius 1 is 0.524 bits per heavy atom. The highest BCUT2D eigenvalue weighted by Gasteiger charge is 2.20. The molecule has 0 fully saturated rings. The van der Waals surface area contributed by atoms with Crippen LogP contribution in [0.2, 0.25) is 0 Å². The molecule has 0 aliphatic heterocycles. The molecule has 0 radical (unpaired) electrons. The molecule has 0 N–H and O–H groups in total. The third-order valence-electron chi connectivity index (χ3n) is 11.4. The molecule has 1 unspecified atom stereocenters. The first-order valence-corrected chi connectivity index (χ1v) is 25.7. The maximum absolute atomic E-state index is 13.1. The first-order valence-electron chi connectivity index (χ1n) is 25.7. The molecule has 0 aliphatic carbocycles. The summed E-state index contributed by atoms with van der Waals surface area (Å²) in [5.41, 5.74) is 1.57. The van der Waals surface area contributed by atoms with E-state index >= 15 is 0 Å². The van der Waals surface area contributed by atoms with Crippen molar-refractivity contribution < 1.29 is 38.1 Å². The average Bonchev–Trinajstić information content (AvgIpc) is 3.30. The van der Waals surface area contributed by atoms with Crippen molar-refractivity contribution in [1.82, 2.24) is 4.90 Å². The fourth-order valence-electron chi connectivity index (χ4n) is 7.16. The van der Waals surface area contributed by atoms with Crippen LogP contribution in [-0.4, -0.2) is 75.2 Å². The molecule has 0 aromatic heterocycles. The number of unbranched alkanes of at least 4 members (excludes halogenated alkanes) is 18. The molecular weight excluding hydrogens is 791 g/mol. The summed E-state index contributed by atoms with van der Waals surface area (Å²) >= 11 is 0. The van der Waals surface area contributed by atoms with E-state index in [2.05, 4.69) is 63.8 Å². The number of hydrogen-bond donors (Lipinski definition) is 0. The summed E-state index contributed by atoms with van der Waals surface area (Å²) in [7, 11) is 0. The molecule has 0 heterocycles. The number of nitrogens with zero attached hydrogens (tertiary/aromatic N) is 1. The highest BCUT2D eigenvalue weighted by molar-refractivity contribution is 5.89. The predicted molar refractivity (Wildman–Crippen MR) is 260 cm³/mol. The van der Waals surface area contributed by atoms with Gasteiger partial charge in [0.25, 0.3) is 0 Å². The van der Waals surface area contributed by atoms with Gasteiger partial charge in [0.1, 0.15) is 19.8 Å². The molecule has 63 heavy (non-hydrogen) atoms. The summed E-state index contributed by atoms with van der Waals surface area (Å²) in [6, 6.07) is 7.46. The van der Waals surface area contributed by atoms with Gasteiger partial charge in [0, 0.05) is 32.6 Å². The molecule has 9 nitrogen and oxygen atoms in total. The van der Waals surface area contributed by atoms with Crippen molar-refractivity contribution in [3.05, 3.63) is 59.7 Å². The molecule has 0 saturated carbocycles. The lowest BCUT2D eigenvalue weighted by atomic mass is 10.1. The quantitative estimate of drug-likeness (QED) is 0.0208. The minimum atomic E-state index is -0.503. The minimum Gasteiger partial charge on any atom is -0.465 e. The number of esters is 3. The molecule has 9 heteroatoms. The fraction of sp³-hybridized carbons (Fsp3) is 0.759. The van der Waals surface area contributed by atoms with Gasteiger partial charge in [-0.15, -0.1) is 0 Å². The van der Waals surface area contributed by atoms with E-state index in [1.807, 2.05) is 12.1 Å². The lowest BCUT2D eigenvalue weighted by Gasteiger charge is -2.20. The Morgan fingerprint density at radius 3 is 1.54 bits per heavy atom. The number of allylic oxidation sites excluding steroid dienone is 4. The zero-order chi connectivity index (χ0) is 45.9. The van der Waals surface area contributed by atoms with Gasteiger partial charge in [0.05, 0.1) is 17.9 Å². The summed E-state index contributed by atoms with van der Waals surface area (Å²) in [5, 5.41) is 0. The van der Waals surface area contributed by atoms with E-state index in [-0.39, 0.29) is 38.2 Å². The van der Waals surface area contributed by atoms with E-state index < -0.39 is 18.2 Å². The number of carbonyl (C=O) groups excluding carboxylic acids is 3. The van der Waals surface area contributed by atoms with E-state index in [0.717, 1.165) is 95.8 Å². The van der Waals surface area contributed by atoms with Crippen molar-refractivity contribution in [2.75, 3.05) is 46.1 Å². The van der Waals surface area contributed by atoms with Crippen molar-refractivity contribution in [3.63, 3.8) is 0 Å². The summed E-state index contributed by atoms with van der Waals surface area (Å²) in [4.78, 5) is 41.2. The summed E-state index contributed by atoms with van der Waals surface area (Å²) in [6.45, 7) is 14.8. The Labute approximate surface area is 385 Å². The molecule has 362 valence electrons.